The van der Waals surface area contributed by atoms with Gasteiger partial charge in [0.05, 0.1) is 10.4 Å². The Bertz CT molecular complexity index is 770. The summed E-state index contributed by atoms with van der Waals surface area (Å²) in [7, 11) is -3.59. The quantitative estimate of drug-likeness (QED) is 0.883. The van der Waals surface area contributed by atoms with Gasteiger partial charge in [-0.2, -0.15) is 0 Å². The van der Waals surface area contributed by atoms with Crippen molar-refractivity contribution in [3.05, 3.63) is 36.0 Å². The van der Waals surface area contributed by atoms with E-state index in [9.17, 15) is 8.42 Å². The molecule has 0 spiro atoms. The number of aromatic nitrogens is 1. The van der Waals surface area contributed by atoms with Crippen LogP contribution in [0.3, 0.4) is 0 Å². The molecule has 0 aliphatic heterocycles. The van der Waals surface area contributed by atoms with Crippen LogP contribution >= 0.6 is 11.6 Å². The van der Waals surface area contributed by atoms with Crippen LogP contribution < -0.4 is 4.72 Å². The van der Waals surface area contributed by atoms with Crippen LogP contribution in [0.15, 0.2) is 35.4 Å². The first-order chi connectivity index (χ1) is 9.47. The number of pyridine rings is 1. The highest BCUT2D eigenvalue weighted by atomic mass is 35.5. The maximum Gasteiger partial charge on any atom is 0.241 e. The second-order valence-corrected chi connectivity index (χ2v) is 7.22. The molecule has 1 aromatic heterocycles. The van der Waals surface area contributed by atoms with Gasteiger partial charge in [-0.05, 0) is 43.5 Å². The van der Waals surface area contributed by atoms with Crippen LogP contribution in [-0.4, -0.2) is 24.8 Å². The van der Waals surface area contributed by atoms with Crippen molar-refractivity contribution in [2.45, 2.75) is 30.2 Å². The number of nitrogens with zero attached hydrogens (tertiary/aromatic N) is 1. The van der Waals surface area contributed by atoms with Crippen molar-refractivity contribution in [2.24, 2.45) is 0 Å². The van der Waals surface area contributed by atoms with Crippen LogP contribution in [0.5, 0.6) is 0 Å². The van der Waals surface area contributed by atoms with E-state index in [1.165, 1.54) is 0 Å². The molecule has 4 nitrogen and oxygen atoms in total. The van der Waals surface area contributed by atoms with Crippen molar-refractivity contribution in [3.63, 3.8) is 0 Å². The van der Waals surface area contributed by atoms with Crippen LogP contribution in [-0.2, 0) is 10.0 Å². The second kappa shape index (κ2) is 4.69. The summed E-state index contributed by atoms with van der Waals surface area (Å²) in [5.74, 6) is 0.300. The van der Waals surface area contributed by atoms with E-state index in [0.717, 1.165) is 18.4 Å². The van der Waals surface area contributed by atoms with Crippen LogP contribution in [0.2, 0.25) is 0 Å². The van der Waals surface area contributed by atoms with Gasteiger partial charge in [-0.3, -0.25) is 4.98 Å². The molecule has 1 aliphatic rings. The molecule has 1 aromatic carbocycles. The van der Waals surface area contributed by atoms with E-state index >= 15 is 0 Å². The van der Waals surface area contributed by atoms with E-state index < -0.39 is 15.6 Å². The van der Waals surface area contributed by atoms with Crippen molar-refractivity contribution in [2.75, 3.05) is 5.88 Å². The summed E-state index contributed by atoms with van der Waals surface area (Å²) in [6.07, 6.45) is 3.25. The molecule has 1 N–H and O–H groups in total. The standard InChI is InChI=1S/C14H15ClN2O2S/c1-10-4-5-12(11-3-2-8-16-13(10)11)20(18,19)17-14(9-15)6-7-14/h2-5,8,17H,6-7,9H2,1H3. The van der Waals surface area contributed by atoms with Crippen molar-refractivity contribution in [3.8, 4) is 0 Å². The summed E-state index contributed by atoms with van der Waals surface area (Å²) in [6.45, 7) is 1.92. The lowest BCUT2D eigenvalue weighted by Crippen LogP contribution is -2.38. The molecule has 3 rings (SSSR count). The average molecular weight is 311 g/mol. The molecular weight excluding hydrogens is 296 g/mol. The van der Waals surface area contributed by atoms with Crippen molar-refractivity contribution in [1.82, 2.24) is 9.71 Å². The van der Waals surface area contributed by atoms with Crippen LogP contribution in [0.25, 0.3) is 10.9 Å². The van der Waals surface area contributed by atoms with Gasteiger partial charge in [0.15, 0.2) is 0 Å². The molecule has 2 aromatic rings. The molecule has 0 bridgehead atoms. The Hall–Kier alpha value is -1.17. The molecule has 0 atom stereocenters. The lowest BCUT2D eigenvalue weighted by atomic mass is 10.1. The fourth-order valence-corrected chi connectivity index (χ4v) is 4.35. The Morgan fingerprint density at radius 1 is 1.35 bits per heavy atom. The zero-order valence-electron chi connectivity index (χ0n) is 11.1. The van der Waals surface area contributed by atoms with Gasteiger partial charge < -0.3 is 0 Å². The highest BCUT2D eigenvalue weighted by molar-refractivity contribution is 7.89. The number of fused-ring (bicyclic) bond motifs is 1. The van der Waals surface area contributed by atoms with Gasteiger partial charge in [0.2, 0.25) is 10.0 Å². The number of hydrogen-bond donors (Lipinski definition) is 1. The van der Waals surface area contributed by atoms with Crippen molar-refractivity contribution in [1.29, 1.82) is 0 Å². The number of rotatable bonds is 4. The van der Waals surface area contributed by atoms with E-state index in [4.69, 9.17) is 11.6 Å². The number of halogens is 1. The van der Waals surface area contributed by atoms with Gasteiger partial charge in [-0.1, -0.05) is 6.07 Å². The third kappa shape index (κ3) is 2.30. The lowest BCUT2D eigenvalue weighted by Gasteiger charge is -2.16. The molecular formula is C14H15ClN2O2S. The predicted molar refractivity (Wildman–Crippen MR) is 79.5 cm³/mol. The second-order valence-electron chi connectivity index (χ2n) is 5.30. The number of sulfonamides is 1. The Morgan fingerprint density at radius 3 is 2.75 bits per heavy atom. The summed E-state index contributed by atoms with van der Waals surface area (Å²) >= 11 is 5.85. The smallest absolute Gasteiger partial charge is 0.241 e. The molecule has 106 valence electrons. The van der Waals surface area contributed by atoms with Gasteiger partial charge in [0.25, 0.3) is 0 Å². The summed E-state index contributed by atoms with van der Waals surface area (Å²) in [5.41, 5.74) is 1.21. The Labute approximate surface area is 123 Å². The number of nitrogens with one attached hydrogen (secondary N) is 1. The van der Waals surface area contributed by atoms with E-state index in [1.54, 1.807) is 30.5 Å². The topological polar surface area (TPSA) is 59.1 Å². The molecule has 0 amide bonds. The van der Waals surface area contributed by atoms with Gasteiger partial charge >= 0.3 is 0 Å². The zero-order valence-corrected chi connectivity index (χ0v) is 12.6. The third-order valence-electron chi connectivity index (χ3n) is 3.68. The molecule has 1 saturated carbocycles. The number of aryl methyl sites for hydroxylation is 1. The van der Waals surface area contributed by atoms with Crippen LogP contribution in [0, 0.1) is 6.92 Å². The Morgan fingerprint density at radius 2 is 2.10 bits per heavy atom. The molecule has 20 heavy (non-hydrogen) atoms. The molecule has 0 unspecified atom stereocenters. The molecule has 1 heterocycles. The monoisotopic (exact) mass is 310 g/mol. The van der Waals surface area contributed by atoms with E-state index in [1.807, 2.05) is 6.92 Å². The normalized spacial score (nSPS) is 17.3. The molecule has 0 saturated heterocycles. The Balaban J connectivity index is 2.12. The largest absolute Gasteiger partial charge is 0.256 e. The maximum atomic E-state index is 12.6. The first-order valence-electron chi connectivity index (χ1n) is 6.42. The van der Waals surface area contributed by atoms with Crippen molar-refractivity contribution >= 4 is 32.5 Å². The van der Waals surface area contributed by atoms with Crippen LogP contribution in [0.4, 0.5) is 0 Å². The van der Waals surface area contributed by atoms with Gasteiger partial charge in [-0.25, -0.2) is 13.1 Å². The van der Waals surface area contributed by atoms with E-state index in [2.05, 4.69) is 9.71 Å². The number of hydrogen-bond acceptors (Lipinski definition) is 3. The number of benzene rings is 1. The fourth-order valence-electron chi connectivity index (χ4n) is 2.28. The van der Waals surface area contributed by atoms with Crippen molar-refractivity contribution < 1.29 is 8.42 Å². The lowest BCUT2D eigenvalue weighted by molar-refractivity contribution is 0.560. The molecule has 1 fully saturated rings. The minimum Gasteiger partial charge on any atom is -0.256 e. The maximum absolute atomic E-state index is 12.6. The fraction of sp³-hybridized carbons (Fsp3) is 0.357. The third-order valence-corrected chi connectivity index (χ3v) is 5.83. The summed E-state index contributed by atoms with van der Waals surface area (Å²) in [4.78, 5) is 4.54. The number of alkyl halides is 1. The minimum atomic E-state index is -3.59. The highest BCUT2D eigenvalue weighted by Gasteiger charge is 2.45. The molecule has 0 radical (unpaired) electrons. The summed E-state index contributed by atoms with van der Waals surface area (Å²) < 4.78 is 27.9. The van der Waals surface area contributed by atoms with E-state index in [0.29, 0.717) is 16.8 Å². The first kappa shape index (κ1) is 13.8. The minimum absolute atomic E-state index is 0.266. The van der Waals surface area contributed by atoms with Gasteiger partial charge in [-0.15, -0.1) is 11.6 Å². The predicted octanol–water partition coefficient (Wildman–Crippen LogP) is 2.59. The summed E-state index contributed by atoms with van der Waals surface area (Å²) in [5, 5.41) is 0.644. The van der Waals surface area contributed by atoms with Gasteiger partial charge in [0, 0.05) is 23.0 Å². The summed E-state index contributed by atoms with van der Waals surface area (Å²) in [6, 6.07) is 6.94. The average Bonchev–Trinajstić information content (AvgIpc) is 3.19. The molecule has 1 aliphatic carbocycles. The van der Waals surface area contributed by atoms with E-state index in [-0.39, 0.29) is 4.90 Å². The molecule has 6 heteroatoms. The van der Waals surface area contributed by atoms with Crippen LogP contribution in [0.1, 0.15) is 18.4 Å². The zero-order chi connectivity index (χ0) is 14.4. The highest BCUT2D eigenvalue weighted by Crippen LogP contribution is 2.38. The first-order valence-corrected chi connectivity index (χ1v) is 8.44. The van der Waals surface area contributed by atoms with Gasteiger partial charge in [0.1, 0.15) is 0 Å². The Kier molecular flexibility index (Phi) is 3.23. The SMILES string of the molecule is Cc1ccc(S(=O)(=O)NC2(CCl)CC2)c2cccnc12.